The largest absolute Gasteiger partial charge is 0.310 e. The fourth-order valence-corrected chi connectivity index (χ4v) is 1.75. The number of aromatic nitrogens is 3. The Balaban J connectivity index is 1.71. The van der Waals surface area contributed by atoms with Crippen molar-refractivity contribution in [1.29, 1.82) is 5.26 Å². The number of nitrogens with one attached hydrogen (secondary N) is 1. The van der Waals surface area contributed by atoms with Gasteiger partial charge in [0.25, 0.3) is 5.82 Å². The Morgan fingerprint density at radius 3 is 2.72 bits per heavy atom. The molecule has 0 aliphatic heterocycles. The van der Waals surface area contributed by atoms with Gasteiger partial charge >= 0.3 is 0 Å². The molecule has 1 heterocycles. The SMILES string of the molecule is N#Cc1ncn(-c2ccc(CNC3CC3)cc2)n1. The van der Waals surface area contributed by atoms with Crippen molar-refractivity contribution in [1.82, 2.24) is 20.1 Å². The molecule has 1 saturated carbocycles. The lowest BCUT2D eigenvalue weighted by Crippen LogP contribution is -2.15. The van der Waals surface area contributed by atoms with Gasteiger partial charge in [-0.05, 0) is 30.5 Å². The van der Waals surface area contributed by atoms with Crippen molar-refractivity contribution in [3.8, 4) is 11.8 Å². The van der Waals surface area contributed by atoms with E-state index in [1.807, 2.05) is 18.2 Å². The first-order chi connectivity index (χ1) is 8.85. The van der Waals surface area contributed by atoms with E-state index in [-0.39, 0.29) is 5.82 Å². The Morgan fingerprint density at radius 2 is 2.11 bits per heavy atom. The summed E-state index contributed by atoms with van der Waals surface area (Å²) in [5.74, 6) is 0.189. The van der Waals surface area contributed by atoms with Crippen LogP contribution in [0.4, 0.5) is 0 Å². The number of nitriles is 1. The second kappa shape index (κ2) is 4.59. The molecule has 1 fully saturated rings. The molecule has 0 amide bonds. The summed E-state index contributed by atoms with van der Waals surface area (Å²) >= 11 is 0. The Morgan fingerprint density at radius 1 is 1.33 bits per heavy atom. The smallest absolute Gasteiger partial charge is 0.252 e. The minimum absolute atomic E-state index is 0.189. The number of hydrogen-bond donors (Lipinski definition) is 1. The van der Waals surface area contributed by atoms with Gasteiger partial charge in [0.05, 0.1) is 5.69 Å². The van der Waals surface area contributed by atoms with Crippen molar-refractivity contribution in [2.45, 2.75) is 25.4 Å². The zero-order valence-electron chi connectivity index (χ0n) is 9.87. The second-order valence-corrected chi connectivity index (χ2v) is 4.45. The van der Waals surface area contributed by atoms with Crippen LogP contribution in [0, 0.1) is 11.3 Å². The summed E-state index contributed by atoms with van der Waals surface area (Å²) in [6, 6.07) is 10.7. The molecule has 0 saturated heterocycles. The normalized spacial score (nSPS) is 14.4. The van der Waals surface area contributed by atoms with Crippen LogP contribution >= 0.6 is 0 Å². The molecule has 1 N–H and O–H groups in total. The predicted molar refractivity (Wildman–Crippen MR) is 65.9 cm³/mol. The Kier molecular flexibility index (Phi) is 2.79. The van der Waals surface area contributed by atoms with Crippen LogP contribution in [0.1, 0.15) is 24.2 Å². The van der Waals surface area contributed by atoms with E-state index in [0.717, 1.165) is 18.3 Å². The van der Waals surface area contributed by atoms with Crippen molar-refractivity contribution >= 4 is 0 Å². The van der Waals surface area contributed by atoms with Crippen molar-refractivity contribution in [3.63, 3.8) is 0 Å². The molecule has 1 aromatic carbocycles. The lowest BCUT2D eigenvalue weighted by molar-refractivity contribution is 0.687. The first-order valence-electron chi connectivity index (χ1n) is 5.99. The van der Waals surface area contributed by atoms with E-state index in [4.69, 9.17) is 5.26 Å². The number of benzene rings is 1. The highest BCUT2D eigenvalue weighted by Crippen LogP contribution is 2.19. The van der Waals surface area contributed by atoms with Gasteiger partial charge in [0.1, 0.15) is 12.4 Å². The standard InChI is InChI=1S/C13H13N5/c14-7-13-16-9-18(17-13)12-5-1-10(2-6-12)8-15-11-3-4-11/h1-2,5-6,9,11,15H,3-4,8H2. The van der Waals surface area contributed by atoms with Gasteiger partial charge in [-0.1, -0.05) is 12.1 Å². The minimum Gasteiger partial charge on any atom is -0.310 e. The number of rotatable bonds is 4. The van der Waals surface area contributed by atoms with Crippen LogP contribution in [-0.4, -0.2) is 20.8 Å². The summed E-state index contributed by atoms with van der Waals surface area (Å²) in [4.78, 5) is 3.88. The molecule has 18 heavy (non-hydrogen) atoms. The van der Waals surface area contributed by atoms with Gasteiger partial charge in [-0.2, -0.15) is 5.26 Å². The summed E-state index contributed by atoms with van der Waals surface area (Å²) in [6.45, 7) is 0.908. The first kappa shape index (κ1) is 10.9. The fourth-order valence-electron chi connectivity index (χ4n) is 1.75. The topological polar surface area (TPSA) is 66.5 Å². The Hall–Kier alpha value is -2.19. The molecule has 1 aromatic heterocycles. The van der Waals surface area contributed by atoms with Gasteiger partial charge in [-0.15, -0.1) is 5.10 Å². The van der Waals surface area contributed by atoms with Gasteiger partial charge in [0, 0.05) is 12.6 Å². The summed E-state index contributed by atoms with van der Waals surface area (Å²) in [7, 11) is 0. The summed E-state index contributed by atoms with van der Waals surface area (Å²) < 4.78 is 1.61. The predicted octanol–water partition coefficient (Wildman–Crippen LogP) is 1.39. The molecule has 0 radical (unpaired) electrons. The van der Waals surface area contributed by atoms with Gasteiger partial charge in [-0.3, -0.25) is 0 Å². The van der Waals surface area contributed by atoms with E-state index in [9.17, 15) is 0 Å². The van der Waals surface area contributed by atoms with Crippen LogP contribution in [0.2, 0.25) is 0 Å². The maximum atomic E-state index is 8.67. The molecular formula is C13H13N5. The fraction of sp³-hybridized carbons (Fsp3) is 0.308. The maximum Gasteiger partial charge on any atom is 0.252 e. The van der Waals surface area contributed by atoms with Gasteiger partial charge in [-0.25, -0.2) is 9.67 Å². The third-order valence-electron chi connectivity index (χ3n) is 2.96. The lowest BCUT2D eigenvalue weighted by atomic mass is 10.2. The highest BCUT2D eigenvalue weighted by atomic mass is 15.3. The van der Waals surface area contributed by atoms with Crippen LogP contribution in [-0.2, 0) is 6.54 Å². The monoisotopic (exact) mass is 239 g/mol. The zero-order valence-corrected chi connectivity index (χ0v) is 9.87. The van der Waals surface area contributed by atoms with Crippen molar-refractivity contribution < 1.29 is 0 Å². The molecule has 0 bridgehead atoms. The molecule has 1 aliphatic rings. The van der Waals surface area contributed by atoms with Crippen molar-refractivity contribution in [3.05, 3.63) is 42.0 Å². The second-order valence-electron chi connectivity index (χ2n) is 4.45. The van der Waals surface area contributed by atoms with E-state index < -0.39 is 0 Å². The number of hydrogen-bond acceptors (Lipinski definition) is 4. The van der Waals surface area contributed by atoms with Crippen LogP contribution < -0.4 is 5.32 Å². The zero-order chi connectivity index (χ0) is 12.4. The van der Waals surface area contributed by atoms with Crippen LogP contribution in [0.3, 0.4) is 0 Å². The lowest BCUT2D eigenvalue weighted by Gasteiger charge is -2.04. The van der Waals surface area contributed by atoms with Gasteiger partial charge in [0.15, 0.2) is 0 Å². The van der Waals surface area contributed by atoms with E-state index in [1.54, 1.807) is 11.0 Å². The van der Waals surface area contributed by atoms with Crippen molar-refractivity contribution in [2.75, 3.05) is 0 Å². The molecule has 0 atom stereocenters. The highest BCUT2D eigenvalue weighted by Gasteiger charge is 2.19. The average Bonchev–Trinajstić information content (AvgIpc) is 3.12. The average molecular weight is 239 g/mol. The van der Waals surface area contributed by atoms with Crippen LogP contribution in [0.15, 0.2) is 30.6 Å². The van der Waals surface area contributed by atoms with Gasteiger partial charge < -0.3 is 5.32 Å². The third-order valence-corrected chi connectivity index (χ3v) is 2.96. The molecule has 5 heteroatoms. The molecule has 0 spiro atoms. The molecule has 0 unspecified atom stereocenters. The Bertz CT molecular complexity index is 574. The molecule has 5 nitrogen and oxygen atoms in total. The summed E-state index contributed by atoms with van der Waals surface area (Å²) in [5.41, 5.74) is 2.17. The van der Waals surface area contributed by atoms with Crippen LogP contribution in [0.5, 0.6) is 0 Å². The van der Waals surface area contributed by atoms with E-state index in [2.05, 4.69) is 27.5 Å². The molecule has 3 rings (SSSR count). The molecule has 1 aliphatic carbocycles. The minimum atomic E-state index is 0.189. The van der Waals surface area contributed by atoms with Crippen molar-refractivity contribution in [2.24, 2.45) is 0 Å². The van der Waals surface area contributed by atoms with E-state index in [0.29, 0.717) is 0 Å². The Labute approximate surface area is 105 Å². The highest BCUT2D eigenvalue weighted by molar-refractivity contribution is 5.33. The van der Waals surface area contributed by atoms with Crippen LogP contribution in [0.25, 0.3) is 5.69 Å². The van der Waals surface area contributed by atoms with E-state index >= 15 is 0 Å². The van der Waals surface area contributed by atoms with E-state index in [1.165, 1.54) is 18.4 Å². The molecule has 2 aromatic rings. The maximum absolute atomic E-state index is 8.67. The molecule has 90 valence electrons. The molecular weight excluding hydrogens is 226 g/mol. The quantitative estimate of drug-likeness (QED) is 0.875. The number of nitrogens with zero attached hydrogens (tertiary/aromatic N) is 4. The first-order valence-corrected chi connectivity index (χ1v) is 5.99. The third kappa shape index (κ3) is 2.39. The summed E-state index contributed by atoms with van der Waals surface area (Å²) in [5, 5.41) is 16.2. The van der Waals surface area contributed by atoms with Gasteiger partial charge in [0.2, 0.25) is 0 Å². The summed E-state index contributed by atoms with van der Waals surface area (Å²) in [6.07, 6.45) is 4.15.